The van der Waals surface area contributed by atoms with E-state index in [1.54, 1.807) is 6.07 Å². The Morgan fingerprint density at radius 2 is 2.21 bits per heavy atom. The Morgan fingerprint density at radius 3 is 2.79 bits per heavy atom. The van der Waals surface area contributed by atoms with Gasteiger partial charge in [-0.2, -0.15) is 5.10 Å². The number of amides is 2. The van der Waals surface area contributed by atoms with Crippen molar-refractivity contribution in [3.63, 3.8) is 0 Å². The van der Waals surface area contributed by atoms with Gasteiger partial charge in [-0.25, -0.2) is 0 Å². The Bertz CT molecular complexity index is 671. The molecule has 1 saturated heterocycles. The second kappa shape index (κ2) is 6.05. The number of aryl methyl sites for hydroxylation is 1. The Hall–Kier alpha value is -2.15. The SMILES string of the molecule is C=CC(=O)N1CC(O)(CNC(=O)c2cc(C)n(C(C)C3CC3)n2)C1. The first-order valence-corrected chi connectivity index (χ1v) is 8.31. The molecule has 2 N–H and O–H groups in total. The van der Waals surface area contributed by atoms with Gasteiger partial charge in [-0.3, -0.25) is 14.3 Å². The van der Waals surface area contributed by atoms with Crippen LogP contribution in [0.1, 0.15) is 42.0 Å². The summed E-state index contributed by atoms with van der Waals surface area (Å²) in [7, 11) is 0. The highest BCUT2D eigenvalue weighted by Gasteiger charge is 2.43. The van der Waals surface area contributed by atoms with Crippen molar-refractivity contribution in [2.24, 2.45) is 5.92 Å². The van der Waals surface area contributed by atoms with E-state index in [0.717, 1.165) is 5.69 Å². The minimum Gasteiger partial charge on any atom is -0.384 e. The van der Waals surface area contributed by atoms with Crippen LogP contribution in [0.4, 0.5) is 0 Å². The molecule has 0 spiro atoms. The van der Waals surface area contributed by atoms with Gasteiger partial charge < -0.3 is 15.3 Å². The molecule has 0 aromatic carbocycles. The Kier molecular flexibility index (Phi) is 4.21. The lowest BCUT2D eigenvalue weighted by Crippen LogP contribution is -2.67. The molecule has 0 radical (unpaired) electrons. The lowest BCUT2D eigenvalue weighted by Gasteiger charge is -2.45. The van der Waals surface area contributed by atoms with Gasteiger partial charge in [-0.1, -0.05) is 6.58 Å². The van der Waals surface area contributed by atoms with E-state index in [1.807, 2.05) is 11.6 Å². The predicted molar refractivity (Wildman–Crippen MR) is 88.5 cm³/mol. The number of aliphatic hydroxyl groups is 1. The summed E-state index contributed by atoms with van der Waals surface area (Å²) >= 11 is 0. The first-order chi connectivity index (χ1) is 11.3. The number of hydrogen-bond donors (Lipinski definition) is 2. The zero-order valence-electron chi connectivity index (χ0n) is 14.2. The van der Waals surface area contributed by atoms with Crippen molar-refractivity contribution in [3.8, 4) is 0 Å². The number of likely N-dealkylation sites (tertiary alicyclic amines) is 1. The second-order valence-electron chi connectivity index (χ2n) is 7.00. The van der Waals surface area contributed by atoms with Crippen LogP contribution in [0.3, 0.4) is 0 Å². The molecule has 2 fully saturated rings. The quantitative estimate of drug-likeness (QED) is 0.749. The van der Waals surface area contributed by atoms with E-state index < -0.39 is 5.60 Å². The lowest BCUT2D eigenvalue weighted by atomic mass is 9.94. The van der Waals surface area contributed by atoms with E-state index in [-0.39, 0.29) is 31.4 Å². The van der Waals surface area contributed by atoms with E-state index in [9.17, 15) is 14.7 Å². The fourth-order valence-electron chi connectivity index (χ4n) is 3.19. The van der Waals surface area contributed by atoms with Gasteiger partial charge in [0.05, 0.1) is 25.7 Å². The van der Waals surface area contributed by atoms with Crippen molar-refractivity contribution in [1.29, 1.82) is 0 Å². The molecule has 1 aliphatic carbocycles. The van der Waals surface area contributed by atoms with Crippen molar-refractivity contribution < 1.29 is 14.7 Å². The topological polar surface area (TPSA) is 87.5 Å². The smallest absolute Gasteiger partial charge is 0.271 e. The fraction of sp³-hybridized carbons (Fsp3) is 0.588. The molecule has 1 aliphatic heterocycles. The van der Waals surface area contributed by atoms with Crippen LogP contribution < -0.4 is 5.32 Å². The van der Waals surface area contributed by atoms with Crippen molar-refractivity contribution in [2.45, 2.75) is 38.3 Å². The molecule has 24 heavy (non-hydrogen) atoms. The Balaban J connectivity index is 1.55. The molecule has 1 unspecified atom stereocenters. The summed E-state index contributed by atoms with van der Waals surface area (Å²) < 4.78 is 1.91. The van der Waals surface area contributed by atoms with Gasteiger partial charge in [0, 0.05) is 5.69 Å². The average molecular weight is 332 g/mol. The summed E-state index contributed by atoms with van der Waals surface area (Å²) in [4.78, 5) is 25.2. The molecule has 130 valence electrons. The minimum absolute atomic E-state index is 0.0941. The normalized spacial score (nSPS) is 20.2. The van der Waals surface area contributed by atoms with Gasteiger partial charge in [0.1, 0.15) is 11.3 Å². The minimum atomic E-state index is -1.08. The molecule has 0 bridgehead atoms. The number of carbonyl (C=O) groups is 2. The number of rotatable bonds is 6. The summed E-state index contributed by atoms with van der Waals surface area (Å²) in [5.41, 5.74) is 0.249. The van der Waals surface area contributed by atoms with Crippen LogP contribution in [0, 0.1) is 12.8 Å². The number of hydrogen-bond acceptors (Lipinski definition) is 4. The first kappa shape index (κ1) is 16.7. The van der Waals surface area contributed by atoms with Crippen molar-refractivity contribution in [2.75, 3.05) is 19.6 Å². The van der Waals surface area contributed by atoms with E-state index in [0.29, 0.717) is 17.7 Å². The lowest BCUT2D eigenvalue weighted by molar-refractivity contribution is -0.148. The van der Waals surface area contributed by atoms with Gasteiger partial charge in [0.2, 0.25) is 5.91 Å². The predicted octanol–water partition coefficient (Wildman–Crippen LogP) is 0.652. The molecule has 2 heterocycles. The van der Waals surface area contributed by atoms with Gasteiger partial charge >= 0.3 is 0 Å². The summed E-state index contributed by atoms with van der Waals surface area (Å²) in [6.45, 7) is 7.98. The van der Waals surface area contributed by atoms with E-state index in [4.69, 9.17) is 0 Å². The van der Waals surface area contributed by atoms with Crippen LogP contribution in [-0.4, -0.2) is 56.8 Å². The molecule has 1 atom stereocenters. The first-order valence-electron chi connectivity index (χ1n) is 8.31. The zero-order chi connectivity index (χ0) is 17.5. The van der Waals surface area contributed by atoms with Crippen molar-refractivity contribution in [1.82, 2.24) is 20.0 Å². The molecule has 3 rings (SSSR count). The fourth-order valence-corrected chi connectivity index (χ4v) is 3.19. The summed E-state index contributed by atoms with van der Waals surface area (Å²) in [6, 6.07) is 2.08. The maximum absolute atomic E-state index is 12.3. The van der Waals surface area contributed by atoms with Crippen LogP contribution in [0.2, 0.25) is 0 Å². The summed E-state index contributed by atoms with van der Waals surface area (Å²) in [5, 5.41) is 17.4. The van der Waals surface area contributed by atoms with E-state index in [2.05, 4.69) is 23.9 Å². The monoisotopic (exact) mass is 332 g/mol. The highest BCUT2D eigenvalue weighted by atomic mass is 16.3. The molecule has 2 aliphatic rings. The number of nitrogens with zero attached hydrogens (tertiary/aromatic N) is 3. The number of nitrogens with one attached hydrogen (secondary N) is 1. The van der Waals surface area contributed by atoms with E-state index in [1.165, 1.54) is 23.8 Å². The highest BCUT2D eigenvalue weighted by molar-refractivity contribution is 5.92. The van der Waals surface area contributed by atoms with Gasteiger partial charge in [0.15, 0.2) is 0 Å². The van der Waals surface area contributed by atoms with Gasteiger partial charge in [-0.05, 0) is 44.7 Å². The van der Waals surface area contributed by atoms with E-state index >= 15 is 0 Å². The largest absolute Gasteiger partial charge is 0.384 e. The third-order valence-corrected chi connectivity index (χ3v) is 4.88. The number of carbonyl (C=O) groups excluding carboxylic acids is 2. The maximum Gasteiger partial charge on any atom is 0.271 e. The molecule has 1 aromatic heterocycles. The third kappa shape index (κ3) is 3.21. The van der Waals surface area contributed by atoms with Crippen LogP contribution >= 0.6 is 0 Å². The summed E-state index contributed by atoms with van der Waals surface area (Å²) in [6.07, 6.45) is 3.65. The molecular weight excluding hydrogens is 308 g/mol. The molecule has 1 saturated carbocycles. The van der Waals surface area contributed by atoms with Crippen LogP contribution in [0.25, 0.3) is 0 Å². The highest BCUT2D eigenvalue weighted by Crippen LogP contribution is 2.39. The maximum atomic E-state index is 12.3. The van der Waals surface area contributed by atoms with Gasteiger partial charge in [-0.15, -0.1) is 0 Å². The van der Waals surface area contributed by atoms with Gasteiger partial charge in [0.25, 0.3) is 5.91 Å². The van der Waals surface area contributed by atoms with Crippen molar-refractivity contribution >= 4 is 11.8 Å². The molecule has 7 nitrogen and oxygen atoms in total. The third-order valence-electron chi connectivity index (χ3n) is 4.88. The van der Waals surface area contributed by atoms with Crippen LogP contribution in [0.15, 0.2) is 18.7 Å². The van der Waals surface area contributed by atoms with Crippen molar-refractivity contribution in [3.05, 3.63) is 30.1 Å². The number of β-amino-alcohol motifs (C(OH)–C–C–N with tert-alkyl or cyclic N) is 1. The molecule has 7 heteroatoms. The Labute approximate surface area is 141 Å². The van der Waals surface area contributed by atoms with Crippen LogP contribution in [0.5, 0.6) is 0 Å². The second-order valence-corrected chi connectivity index (χ2v) is 7.00. The zero-order valence-corrected chi connectivity index (χ0v) is 14.2. The molecule has 2 amide bonds. The standard InChI is InChI=1S/C17H24N4O3/c1-4-15(22)20-9-17(24,10-20)8-18-16(23)14-7-11(2)21(19-14)12(3)13-5-6-13/h4,7,12-13,24H,1,5-6,8-10H2,2-3H3,(H,18,23). The number of aromatic nitrogens is 2. The average Bonchev–Trinajstić information content (AvgIpc) is 3.31. The molecular formula is C17H24N4O3. The summed E-state index contributed by atoms with van der Waals surface area (Å²) in [5.74, 6) is 0.139. The molecule has 1 aromatic rings. The Morgan fingerprint density at radius 1 is 1.54 bits per heavy atom. The van der Waals surface area contributed by atoms with Crippen LogP contribution in [-0.2, 0) is 4.79 Å².